The number of urea groups is 1. The predicted molar refractivity (Wildman–Crippen MR) is 78.1 cm³/mol. The Morgan fingerprint density at radius 1 is 1.30 bits per heavy atom. The largest absolute Gasteiger partial charge is 0.473 e. The first-order valence-corrected chi connectivity index (χ1v) is 6.38. The molecule has 0 aliphatic heterocycles. The molecular formula is C14H14ClN3O2. The van der Waals surface area contributed by atoms with E-state index < -0.39 is 6.03 Å². The minimum absolute atomic E-state index is 0.0623. The second-order valence-electron chi connectivity index (χ2n) is 4.07. The Balaban J connectivity index is 1.78. The monoisotopic (exact) mass is 291 g/mol. The van der Waals surface area contributed by atoms with Crippen molar-refractivity contribution in [3.8, 4) is 5.75 Å². The van der Waals surface area contributed by atoms with Crippen LogP contribution >= 0.6 is 11.6 Å². The van der Waals surface area contributed by atoms with E-state index in [4.69, 9.17) is 16.3 Å². The van der Waals surface area contributed by atoms with Gasteiger partial charge < -0.3 is 15.4 Å². The molecule has 2 aromatic rings. The minimum Gasteiger partial charge on any atom is -0.473 e. The smallest absolute Gasteiger partial charge is 0.321 e. The van der Waals surface area contributed by atoms with E-state index in [-0.39, 0.29) is 11.9 Å². The van der Waals surface area contributed by atoms with E-state index in [1.54, 1.807) is 18.3 Å². The van der Waals surface area contributed by atoms with Gasteiger partial charge in [-0.25, -0.2) is 9.78 Å². The first-order chi connectivity index (χ1) is 9.65. The summed E-state index contributed by atoms with van der Waals surface area (Å²) in [6.07, 6.45) is 1.55. The van der Waals surface area contributed by atoms with Gasteiger partial charge in [-0.3, -0.25) is 0 Å². The molecule has 0 bridgehead atoms. The number of hydrogen-bond donors (Lipinski definition) is 2. The van der Waals surface area contributed by atoms with Crippen LogP contribution in [0.25, 0.3) is 0 Å². The van der Waals surface area contributed by atoms with Crippen molar-refractivity contribution in [3.63, 3.8) is 0 Å². The third-order valence-corrected chi connectivity index (χ3v) is 2.80. The first kappa shape index (κ1) is 14.1. The molecule has 5 nitrogen and oxygen atoms in total. The van der Waals surface area contributed by atoms with Crippen LogP contribution in [0.1, 0.15) is 5.56 Å². The fourth-order valence-electron chi connectivity index (χ4n) is 1.47. The Bertz CT molecular complexity index is 587. The lowest BCUT2D eigenvalue weighted by Gasteiger charge is -2.10. The van der Waals surface area contributed by atoms with Gasteiger partial charge in [0.15, 0.2) is 11.9 Å². The zero-order valence-corrected chi connectivity index (χ0v) is 11.6. The molecule has 2 rings (SSSR count). The lowest BCUT2D eigenvalue weighted by molar-refractivity contribution is 0.234. The number of nitrogens with one attached hydrogen (secondary N) is 2. The minimum atomic E-state index is -0.410. The molecule has 0 aliphatic carbocycles. The maximum Gasteiger partial charge on any atom is 0.321 e. The summed E-state index contributed by atoms with van der Waals surface area (Å²) in [6.45, 7) is 2.06. The van der Waals surface area contributed by atoms with Crippen LogP contribution in [0.4, 0.5) is 10.5 Å². The third-order valence-electron chi connectivity index (χ3n) is 2.50. The number of benzene rings is 1. The molecule has 0 saturated heterocycles. The number of anilines is 1. The zero-order valence-electron chi connectivity index (χ0n) is 10.9. The van der Waals surface area contributed by atoms with Crippen LogP contribution in [0.5, 0.6) is 5.75 Å². The highest BCUT2D eigenvalue weighted by Crippen LogP contribution is 2.17. The number of carbonyl (C=O) groups is 1. The van der Waals surface area contributed by atoms with Gasteiger partial charge in [-0.15, -0.1) is 0 Å². The number of carbonyl (C=O) groups excluding carboxylic acids is 1. The number of amides is 2. The zero-order chi connectivity index (χ0) is 14.4. The molecule has 1 aromatic heterocycles. The summed E-state index contributed by atoms with van der Waals surface area (Å²) in [5, 5.41) is 5.38. The molecule has 104 valence electrons. The number of rotatable bonds is 4. The summed E-state index contributed by atoms with van der Waals surface area (Å²) >= 11 is 5.83. The number of pyridine rings is 1. The Morgan fingerprint density at radius 3 is 2.75 bits per heavy atom. The molecule has 2 N–H and O–H groups in total. The number of hydrogen-bond acceptors (Lipinski definition) is 3. The van der Waals surface area contributed by atoms with Gasteiger partial charge in [0.05, 0.1) is 5.69 Å². The SMILES string of the molecule is Cc1ccc(OCNC(=O)Nc2cccnc2Cl)cc1. The van der Waals surface area contributed by atoms with Gasteiger partial charge in [0.25, 0.3) is 0 Å². The standard InChI is InChI=1S/C14H14ClN3O2/c1-10-4-6-11(7-5-10)20-9-17-14(19)18-12-3-2-8-16-13(12)15/h2-8H,9H2,1H3,(H2,17,18,19). The van der Waals surface area contributed by atoms with Crippen molar-refractivity contribution in [2.45, 2.75) is 6.92 Å². The molecule has 2 amide bonds. The van der Waals surface area contributed by atoms with Crippen molar-refractivity contribution in [1.82, 2.24) is 10.3 Å². The molecule has 0 aliphatic rings. The summed E-state index contributed by atoms with van der Waals surface area (Å²) in [7, 11) is 0. The lowest BCUT2D eigenvalue weighted by atomic mass is 10.2. The van der Waals surface area contributed by atoms with Crippen LogP contribution in [-0.4, -0.2) is 17.7 Å². The second-order valence-corrected chi connectivity index (χ2v) is 4.43. The molecule has 6 heteroatoms. The van der Waals surface area contributed by atoms with Crippen LogP contribution in [0.15, 0.2) is 42.6 Å². The van der Waals surface area contributed by atoms with Gasteiger partial charge in [0.1, 0.15) is 5.75 Å². The van der Waals surface area contributed by atoms with Gasteiger partial charge in [-0.1, -0.05) is 29.3 Å². The van der Waals surface area contributed by atoms with Gasteiger partial charge in [0, 0.05) is 6.20 Å². The van der Waals surface area contributed by atoms with E-state index in [1.807, 2.05) is 31.2 Å². The molecule has 0 unspecified atom stereocenters. The number of nitrogens with zero attached hydrogens (tertiary/aromatic N) is 1. The van der Waals surface area contributed by atoms with E-state index in [0.29, 0.717) is 11.4 Å². The Kier molecular flexibility index (Phi) is 4.79. The van der Waals surface area contributed by atoms with Crippen LogP contribution in [0.3, 0.4) is 0 Å². The van der Waals surface area contributed by atoms with Crippen molar-refractivity contribution in [3.05, 3.63) is 53.3 Å². The van der Waals surface area contributed by atoms with Gasteiger partial charge >= 0.3 is 6.03 Å². The van der Waals surface area contributed by atoms with Gasteiger partial charge in [0.2, 0.25) is 0 Å². The van der Waals surface area contributed by atoms with Crippen LogP contribution in [-0.2, 0) is 0 Å². The summed E-state index contributed by atoms with van der Waals surface area (Å²) < 4.78 is 5.38. The molecule has 0 spiro atoms. The topological polar surface area (TPSA) is 63.2 Å². The van der Waals surface area contributed by atoms with E-state index >= 15 is 0 Å². The summed E-state index contributed by atoms with van der Waals surface area (Å²) in [6, 6.07) is 10.5. The molecule has 0 fully saturated rings. The van der Waals surface area contributed by atoms with Crippen molar-refractivity contribution in [1.29, 1.82) is 0 Å². The molecule has 0 radical (unpaired) electrons. The lowest BCUT2D eigenvalue weighted by Crippen LogP contribution is -2.32. The molecule has 1 heterocycles. The number of aryl methyl sites for hydroxylation is 1. The van der Waals surface area contributed by atoms with Gasteiger partial charge in [-0.05, 0) is 31.2 Å². The Hall–Kier alpha value is -2.27. The number of halogens is 1. The fraction of sp³-hybridized carbons (Fsp3) is 0.143. The maximum atomic E-state index is 11.6. The average molecular weight is 292 g/mol. The first-order valence-electron chi connectivity index (χ1n) is 6.00. The van der Waals surface area contributed by atoms with Crippen LogP contribution in [0.2, 0.25) is 5.15 Å². The molecule has 1 aromatic carbocycles. The van der Waals surface area contributed by atoms with Gasteiger partial charge in [-0.2, -0.15) is 0 Å². The average Bonchev–Trinajstić information content (AvgIpc) is 2.44. The highest BCUT2D eigenvalue weighted by Gasteiger charge is 2.05. The van der Waals surface area contributed by atoms with E-state index in [1.165, 1.54) is 0 Å². The predicted octanol–water partition coefficient (Wildman–Crippen LogP) is 3.20. The van der Waals surface area contributed by atoms with Crippen molar-refractivity contribution >= 4 is 23.3 Å². The van der Waals surface area contributed by atoms with E-state index in [9.17, 15) is 4.79 Å². The molecule has 0 saturated carbocycles. The van der Waals surface area contributed by atoms with Crippen LogP contribution < -0.4 is 15.4 Å². The Labute approximate surface area is 121 Å². The normalized spacial score (nSPS) is 9.90. The summed E-state index contributed by atoms with van der Waals surface area (Å²) in [4.78, 5) is 15.5. The molecule has 20 heavy (non-hydrogen) atoms. The molecule has 0 atom stereocenters. The number of ether oxygens (including phenoxy) is 1. The molecular weight excluding hydrogens is 278 g/mol. The summed E-state index contributed by atoms with van der Waals surface area (Å²) in [5.74, 6) is 0.690. The second kappa shape index (κ2) is 6.77. The van der Waals surface area contributed by atoms with Crippen molar-refractivity contribution in [2.24, 2.45) is 0 Å². The highest BCUT2D eigenvalue weighted by atomic mass is 35.5. The van der Waals surface area contributed by atoms with Crippen molar-refractivity contribution in [2.75, 3.05) is 12.0 Å². The highest BCUT2D eigenvalue weighted by molar-refractivity contribution is 6.32. The fourth-order valence-corrected chi connectivity index (χ4v) is 1.63. The summed E-state index contributed by atoms with van der Waals surface area (Å²) in [5.41, 5.74) is 1.59. The van der Waals surface area contributed by atoms with Crippen molar-refractivity contribution < 1.29 is 9.53 Å². The number of aromatic nitrogens is 1. The quantitative estimate of drug-likeness (QED) is 0.671. The van der Waals surface area contributed by atoms with E-state index in [0.717, 1.165) is 5.56 Å². The van der Waals surface area contributed by atoms with Crippen LogP contribution in [0, 0.1) is 6.92 Å². The van der Waals surface area contributed by atoms with E-state index in [2.05, 4.69) is 15.6 Å². The Morgan fingerprint density at radius 2 is 2.05 bits per heavy atom. The third kappa shape index (κ3) is 4.13. The maximum absolute atomic E-state index is 11.6.